The van der Waals surface area contributed by atoms with Crippen molar-refractivity contribution in [3.63, 3.8) is 0 Å². The molecular formula is C31H21F2N3O5. The molecule has 0 fully saturated rings. The summed E-state index contributed by atoms with van der Waals surface area (Å²) in [5, 5.41) is 12.6. The first-order valence-corrected chi connectivity index (χ1v) is 12.7. The van der Waals surface area contributed by atoms with Gasteiger partial charge in [-0.1, -0.05) is 13.0 Å². The van der Waals surface area contributed by atoms with Crippen LogP contribution in [0.3, 0.4) is 0 Å². The summed E-state index contributed by atoms with van der Waals surface area (Å²) in [6.07, 6.45) is 0.786. The van der Waals surface area contributed by atoms with E-state index >= 15 is 0 Å². The van der Waals surface area contributed by atoms with Crippen molar-refractivity contribution in [2.75, 3.05) is 16.8 Å². The molecule has 1 aromatic heterocycles. The summed E-state index contributed by atoms with van der Waals surface area (Å²) in [6.45, 7) is 2.55. The van der Waals surface area contributed by atoms with Crippen molar-refractivity contribution in [2.24, 2.45) is 0 Å². The quantitative estimate of drug-likeness (QED) is 0.214. The number of halogens is 2. The highest BCUT2D eigenvalue weighted by Gasteiger charge is 2.38. The molecule has 0 spiro atoms. The fourth-order valence-electron chi connectivity index (χ4n) is 4.80. The van der Waals surface area contributed by atoms with Crippen LogP contribution in [0.5, 0.6) is 0 Å². The normalized spacial score (nSPS) is 12.7. The summed E-state index contributed by atoms with van der Waals surface area (Å²) in [4.78, 5) is 43.8. The number of benzene rings is 4. The van der Waals surface area contributed by atoms with Gasteiger partial charge in [-0.05, 0) is 78.2 Å². The van der Waals surface area contributed by atoms with Gasteiger partial charge in [-0.3, -0.25) is 9.59 Å². The van der Waals surface area contributed by atoms with E-state index in [9.17, 15) is 28.3 Å². The van der Waals surface area contributed by atoms with Gasteiger partial charge in [0.25, 0.3) is 11.8 Å². The van der Waals surface area contributed by atoms with E-state index in [0.717, 1.165) is 17.4 Å². The molecule has 2 N–H and O–H groups in total. The second kappa shape index (κ2) is 9.98. The maximum Gasteiger partial charge on any atom is 0.335 e. The number of nitrogens with zero attached hydrogens (tertiary/aromatic N) is 2. The van der Waals surface area contributed by atoms with Crippen molar-refractivity contribution in [3.05, 3.63) is 101 Å². The van der Waals surface area contributed by atoms with Gasteiger partial charge in [-0.15, -0.1) is 0 Å². The Hall–Kier alpha value is -5.38. The molecule has 4 aromatic carbocycles. The lowest BCUT2D eigenvalue weighted by molar-refractivity contribution is 0.0696. The number of aromatic nitrogens is 1. The number of anilines is 2. The number of rotatable bonds is 7. The Balaban J connectivity index is 1.41. The summed E-state index contributed by atoms with van der Waals surface area (Å²) < 4.78 is 33.5. The van der Waals surface area contributed by atoms with Gasteiger partial charge in [0.05, 0.1) is 28.1 Å². The van der Waals surface area contributed by atoms with Crippen LogP contribution in [0.25, 0.3) is 33.7 Å². The molecule has 10 heteroatoms. The van der Waals surface area contributed by atoms with E-state index in [2.05, 4.69) is 10.3 Å². The zero-order valence-electron chi connectivity index (χ0n) is 21.6. The number of imide groups is 1. The molecule has 204 valence electrons. The van der Waals surface area contributed by atoms with Crippen molar-refractivity contribution < 1.29 is 32.7 Å². The lowest BCUT2D eigenvalue weighted by atomic mass is 10.1. The number of oxazole rings is 1. The van der Waals surface area contributed by atoms with Crippen LogP contribution in [0.4, 0.5) is 20.2 Å². The Morgan fingerprint density at radius 3 is 2.34 bits per heavy atom. The highest BCUT2D eigenvalue weighted by atomic mass is 19.1. The van der Waals surface area contributed by atoms with E-state index < -0.39 is 29.4 Å². The number of carboxylic acids is 1. The molecule has 1 aliphatic heterocycles. The Labute approximate surface area is 231 Å². The maximum absolute atomic E-state index is 13.8. The molecule has 2 heterocycles. The van der Waals surface area contributed by atoms with E-state index in [1.165, 1.54) is 30.3 Å². The van der Waals surface area contributed by atoms with Gasteiger partial charge in [-0.2, -0.15) is 0 Å². The molecule has 2 amide bonds. The van der Waals surface area contributed by atoms with E-state index in [1.54, 1.807) is 36.4 Å². The zero-order valence-corrected chi connectivity index (χ0v) is 21.6. The number of fused-ring (bicyclic) bond motifs is 2. The number of amides is 2. The van der Waals surface area contributed by atoms with Gasteiger partial charge in [-0.25, -0.2) is 23.5 Å². The van der Waals surface area contributed by atoms with E-state index in [0.29, 0.717) is 40.0 Å². The minimum atomic E-state index is -1.21. The molecule has 41 heavy (non-hydrogen) atoms. The fraction of sp³-hybridized carbons (Fsp3) is 0.0968. The monoisotopic (exact) mass is 553 g/mol. The summed E-state index contributed by atoms with van der Waals surface area (Å²) in [6, 6.07) is 17.1. The maximum atomic E-state index is 13.8. The third-order valence-corrected chi connectivity index (χ3v) is 6.77. The second-order valence-electron chi connectivity index (χ2n) is 9.53. The minimum absolute atomic E-state index is 0.00456. The first kappa shape index (κ1) is 25.9. The molecular weight excluding hydrogens is 532 g/mol. The van der Waals surface area contributed by atoms with E-state index in [-0.39, 0.29) is 28.3 Å². The van der Waals surface area contributed by atoms with Gasteiger partial charge >= 0.3 is 5.97 Å². The SMILES string of the molecule is CCCNc1ccc(-c2nc3cc(-c4cc(F)cc(F)c4)ccc3o2)cc1N1C(=O)c2ccc(C(=O)O)cc2C1=O. The minimum Gasteiger partial charge on any atom is -0.478 e. The zero-order chi connectivity index (χ0) is 28.8. The molecule has 0 bridgehead atoms. The van der Waals surface area contributed by atoms with Gasteiger partial charge in [0.2, 0.25) is 5.89 Å². The van der Waals surface area contributed by atoms with E-state index in [4.69, 9.17) is 4.42 Å². The highest BCUT2D eigenvalue weighted by Crippen LogP contribution is 2.38. The molecule has 1 aliphatic rings. The van der Waals surface area contributed by atoms with Gasteiger partial charge < -0.3 is 14.8 Å². The Kier molecular flexibility index (Phi) is 6.30. The molecule has 0 aliphatic carbocycles. The Morgan fingerprint density at radius 2 is 1.61 bits per heavy atom. The largest absolute Gasteiger partial charge is 0.478 e. The predicted octanol–water partition coefficient (Wildman–Crippen LogP) is 6.76. The smallest absolute Gasteiger partial charge is 0.335 e. The topological polar surface area (TPSA) is 113 Å². The lowest BCUT2D eigenvalue weighted by Crippen LogP contribution is -2.30. The molecule has 0 unspecified atom stereocenters. The standard InChI is InChI=1S/C31H21F2N3O5/c1-2-9-34-24-7-4-17(14-26(24)36-29(37)22-6-3-18(31(39)40)12-23(22)30(36)38)28-35-25-13-16(5-8-27(25)41-28)19-10-20(32)15-21(33)11-19/h3-8,10-15,34H,2,9H2,1H3,(H,39,40). The van der Waals surface area contributed by atoms with Crippen LogP contribution in [0.1, 0.15) is 44.4 Å². The van der Waals surface area contributed by atoms with Crippen molar-refractivity contribution in [2.45, 2.75) is 13.3 Å². The Bertz CT molecular complexity index is 1880. The molecule has 0 saturated carbocycles. The van der Waals surface area contributed by atoms with Crippen LogP contribution in [0.15, 0.2) is 77.2 Å². The second-order valence-corrected chi connectivity index (χ2v) is 9.53. The molecule has 6 rings (SSSR count). The molecule has 8 nitrogen and oxygen atoms in total. The van der Waals surface area contributed by atoms with Crippen LogP contribution in [0, 0.1) is 11.6 Å². The number of nitrogens with one attached hydrogen (secondary N) is 1. The summed E-state index contributed by atoms with van der Waals surface area (Å²) >= 11 is 0. The average Bonchev–Trinajstić information content (AvgIpc) is 3.49. The third kappa shape index (κ3) is 4.59. The van der Waals surface area contributed by atoms with Crippen molar-refractivity contribution >= 4 is 40.3 Å². The first-order valence-electron chi connectivity index (χ1n) is 12.7. The lowest BCUT2D eigenvalue weighted by Gasteiger charge is -2.20. The predicted molar refractivity (Wildman–Crippen MR) is 148 cm³/mol. The number of carbonyl (C=O) groups is 3. The third-order valence-electron chi connectivity index (χ3n) is 6.77. The fourth-order valence-corrected chi connectivity index (χ4v) is 4.80. The number of hydrogen-bond acceptors (Lipinski definition) is 6. The number of hydrogen-bond donors (Lipinski definition) is 2. The number of carboxylic acid groups (broad SMARTS) is 1. The van der Waals surface area contributed by atoms with Crippen LogP contribution < -0.4 is 10.2 Å². The van der Waals surface area contributed by atoms with Crippen LogP contribution in [-0.2, 0) is 0 Å². The van der Waals surface area contributed by atoms with Crippen molar-refractivity contribution in [3.8, 4) is 22.6 Å². The van der Waals surface area contributed by atoms with Crippen molar-refractivity contribution in [1.82, 2.24) is 4.98 Å². The van der Waals surface area contributed by atoms with Crippen LogP contribution >= 0.6 is 0 Å². The molecule has 0 atom stereocenters. The number of carbonyl (C=O) groups excluding carboxylic acids is 2. The van der Waals surface area contributed by atoms with Gasteiger partial charge in [0, 0.05) is 18.2 Å². The van der Waals surface area contributed by atoms with Crippen LogP contribution in [-0.4, -0.2) is 34.4 Å². The summed E-state index contributed by atoms with van der Waals surface area (Å²) in [7, 11) is 0. The number of aromatic carboxylic acids is 1. The van der Waals surface area contributed by atoms with Crippen LogP contribution in [0.2, 0.25) is 0 Å². The molecule has 0 saturated heterocycles. The summed E-state index contributed by atoms with van der Waals surface area (Å²) in [5.74, 6) is -3.62. The highest BCUT2D eigenvalue weighted by molar-refractivity contribution is 6.35. The summed E-state index contributed by atoms with van der Waals surface area (Å²) in [5.41, 5.74) is 3.03. The molecule has 0 radical (unpaired) electrons. The van der Waals surface area contributed by atoms with Gasteiger partial charge in [0.1, 0.15) is 17.2 Å². The Morgan fingerprint density at radius 1 is 0.878 bits per heavy atom. The molecule has 5 aromatic rings. The van der Waals surface area contributed by atoms with E-state index in [1.807, 2.05) is 6.92 Å². The first-order chi connectivity index (χ1) is 19.7. The van der Waals surface area contributed by atoms with Gasteiger partial charge in [0.15, 0.2) is 5.58 Å². The van der Waals surface area contributed by atoms with Crippen molar-refractivity contribution in [1.29, 1.82) is 0 Å². The average molecular weight is 554 g/mol.